The molecule has 0 aliphatic heterocycles. The van der Waals surface area contributed by atoms with E-state index in [9.17, 15) is 9.18 Å². The summed E-state index contributed by atoms with van der Waals surface area (Å²) in [7, 11) is 1.37. The molecule has 0 saturated carbocycles. The minimum atomic E-state index is -0.683. The predicted molar refractivity (Wildman–Crippen MR) is 52.4 cm³/mol. The average Bonchev–Trinajstić information content (AvgIpc) is 2.20. The Morgan fingerprint density at radius 2 is 2.29 bits per heavy atom. The van der Waals surface area contributed by atoms with Crippen molar-refractivity contribution in [3.05, 3.63) is 23.5 Å². The number of ether oxygens (including phenoxy) is 1. The third kappa shape index (κ3) is 1.96. The van der Waals surface area contributed by atoms with Gasteiger partial charge in [0.2, 0.25) is 0 Å². The fraction of sp³-hybridized carbons (Fsp3) is 0.222. The van der Waals surface area contributed by atoms with Crippen LogP contribution in [0.15, 0.2) is 12.1 Å². The van der Waals surface area contributed by atoms with Crippen LogP contribution < -0.4 is 10.5 Å². The van der Waals surface area contributed by atoms with Gasteiger partial charge in [0.15, 0.2) is 11.6 Å². The molecule has 0 bridgehead atoms. The first-order valence-electron chi connectivity index (χ1n) is 3.82. The van der Waals surface area contributed by atoms with Crippen LogP contribution in [-0.4, -0.2) is 18.8 Å². The predicted octanol–water partition coefficient (Wildman–Crippen LogP) is 1.84. The van der Waals surface area contributed by atoms with Crippen molar-refractivity contribution in [1.82, 2.24) is 0 Å². The Kier molecular flexibility index (Phi) is 3.30. The molecule has 0 amide bonds. The van der Waals surface area contributed by atoms with Crippen LogP contribution in [0.25, 0.3) is 0 Å². The molecule has 14 heavy (non-hydrogen) atoms. The van der Waals surface area contributed by atoms with Crippen LogP contribution in [0, 0.1) is 5.82 Å². The fourth-order valence-electron chi connectivity index (χ4n) is 1.01. The molecular formula is C9H9ClFNO2. The Morgan fingerprint density at radius 3 is 2.79 bits per heavy atom. The first kappa shape index (κ1) is 10.8. The van der Waals surface area contributed by atoms with Crippen LogP contribution >= 0.6 is 11.6 Å². The summed E-state index contributed by atoms with van der Waals surface area (Å²) in [4.78, 5) is 11.2. The molecule has 0 heterocycles. The zero-order valence-corrected chi connectivity index (χ0v) is 8.27. The quantitative estimate of drug-likeness (QED) is 0.478. The maximum Gasteiger partial charge on any atom is 0.179 e. The number of methoxy groups -OCH3 is 1. The van der Waals surface area contributed by atoms with Crippen LogP contribution in [0.5, 0.6) is 5.75 Å². The molecule has 5 heteroatoms. The van der Waals surface area contributed by atoms with Gasteiger partial charge >= 0.3 is 0 Å². The molecule has 0 radical (unpaired) electrons. The Hall–Kier alpha value is -1.29. The van der Waals surface area contributed by atoms with E-state index < -0.39 is 11.6 Å². The number of anilines is 1. The van der Waals surface area contributed by atoms with Crippen molar-refractivity contribution in [3.8, 4) is 5.75 Å². The van der Waals surface area contributed by atoms with Crippen molar-refractivity contribution in [1.29, 1.82) is 0 Å². The monoisotopic (exact) mass is 217 g/mol. The van der Waals surface area contributed by atoms with Crippen molar-refractivity contribution < 1.29 is 13.9 Å². The van der Waals surface area contributed by atoms with E-state index >= 15 is 0 Å². The summed E-state index contributed by atoms with van der Waals surface area (Å²) in [6, 6.07) is 2.48. The second-order valence-electron chi connectivity index (χ2n) is 2.63. The highest BCUT2D eigenvalue weighted by Crippen LogP contribution is 2.24. The van der Waals surface area contributed by atoms with Gasteiger partial charge in [0.25, 0.3) is 0 Å². The molecule has 0 saturated heterocycles. The molecule has 0 fully saturated rings. The van der Waals surface area contributed by atoms with E-state index in [-0.39, 0.29) is 22.9 Å². The number of hydrogen-bond acceptors (Lipinski definition) is 3. The molecule has 1 aromatic rings. The van der Waals surface area contributed by atoms with E-state index in [0.717, 1.165) is 6.07 Å². The normalized spacial score (nSPS) is 9.93. The van der Waals surface area contributed by atoms with Gasteiger partial charge < -0.3 is 10.5 Å². The summed E-state index contributed by atoms with van der Waals surface area (Å²) in [6.07, 6.45) is 0. The van der Waals surface area contributed by atoms with Gasteiger partial charge in [-0.2, -0.15) is 0 Å². The van der Waals surface area contributed by atoms with Crippen molar-refractivity contribution in [2.45, 2.75) is 0 Å². The average molecular weight is 218 g/mol. The standard InChI is InChI=1S/C9H9ClFNO2/c1-14-5-2-6(8(13)4-10)9(12)7(11)3-5/h2-3H,4,12H2,1H3. The lowest BCUT2D eigenvalue weighted by atomic mass is 10.1. The number of carbonyl (C=O) groups is 1. The Bertz CT molecular complexity index is 368. The molecule has 3 nitrogen and oxygen atoms in total. The van der Waals surface area contributed by atoms with Gasteiger partial charge in [0.05, 0.1) is 18.7 Å². The van der Waals surface area contributed by atoms with E-state index in [1.54, 1.807) is 0 Å². The number of carbonyl (C=O) groups excluding carboxylic acids is 1. The van der Waals surface area contributed by atoms with Crippen LogP contribution in [-0.2, 0) is 0 Å². The zero-order valence-electron chi connectivity index (χ0n) is 7.51. The molecule has 1 rings (SSSR count). The van der Waals surface area contributed by atoms with Crippen molar-refractivity contribution in [3.63, 3.8) is 0 Å². The second kappa shape index (κ2) is 4.28. The zero-order chi connectivity index (χ0) is 10.7. The molecule has 0 atom stereocenters. The van der Waals surface area contributed by atoms with Gasteiger partial charge in [0, 0.05) is 11.6 Å². The Labute approximate surface area is 85.6 Å². The summed E-state index contributed by atoms with van der Waals surface area (Å²) in [5, 5.41) is 0. The molecule has 0 spiro atoms. The van der Waals surface area contributed by atoms with Gasteiger partial charge in [-0.05, 0) is 6.07 Å². The number of benzene rings is 1. The number of nitrogens with two attached hydrogens (primary N) is 1. The summed E-state index contributed by atoms with van der Waals surface area (Å²) >= 11 is 5.34. The highest BCUT2D eigenvalue weighted by Gasteiger charge is 2.14. The fourth-order valence-corrected chi connectivity index (χ4v) is 1.16. The molecule has 0 unspecified atom stereocenters. The first-order valence-corrected chi connectivity index (χ1v) is 4.35. The maximum absolute atomic E-state index is 13.1. The van der Waals surface area contributed by atoms with Gasteiger partial charge in [-0.15, -0.1) is 11.6 Å². The number of Topliss-reactive ketones (excluding diaryl/α,β-unsaturated/α-hetero) is 1. The van der Waals surface area contributed by atoms with Crippen molar-refractivity contribution >= 4 is 23.1 Å². The van der Waals surface area contributed by atoms with E-state index in [2.05, 4.69) is 0 Å². The molecule has 0 aromatic heterocycles. The van der Waals surface area contributed by atoms with Gasteiger partial charge in [-0.25, -0.2) is 4.39 Å². The topological polar surface area (TPSA) is 52.3 Å². The van der Waals surface area contributed by atoms with E-state index in [0.29, 0.717) is 0 Å². The van der Waals surface area contributed by atoms with Gasteiger partial charge in [-0.1, -0.05) is 0 Å². The van der Waals surface area contributed by atoms with Gasteiger partial charge in [0.1, 0.15) is 5.75 Å². The number of rotatable bonds is 3. The third-order valence-corrected chi connectivity index (χ3v) is 2.00. The summed E-state index contributed by atoms with van der Waals surface area (Å²) in [5.74, 6) is -1.11. The van der Waals surface area contributed by atoms with E-state index in [1.807, 2.05) is 0 Å². The Balaban J connectivity index is 3.27. The summed E-state index contributed by atoms with van der Waals surface area (Å²) in [5.41, 5.74) is 5.23. The van der Waals surface area contributed by atoms with E-state index in [4.69, 9.17) is 22.1 Å². The SMILES string of the molecule is COc1cc(F)c(N)c(C(=O)CCl)c1. The number of ketones is 1. The molecule has 1 aromatic carbocycles. The summed E-state index contributed by atoms with van der Waals surface area (Å²) in [6.45, 7) is 0. The minimum absolute atomic E-state index is 0.0526. The lowest BCUT2D eigenvalue weighted by Gasteiger charge is -2.07. The third-order valence-electron chi connectivity index (χ3n) is 1.76. The lowest BCUT2D eigenvalue weighted by Crippen LogP contribution is -2.07. The highest BCUT2D eigenvalue weighted by molar-refractivity contribution is 6.31. The van der Waals surface area contributed by atoms with Gasteiger partial charge in [-0.3, -0.25) is 4.79 Å². The van der Waals surface area contributed by atoms with Crippen molar-refractivity contribution in [2.75, 3.05) is 18.7 Å². The van der Waals surface area contributed by atoms with Crippen LogP contribution in [0.3, 0.4) is 0 Å². The van der Waals surface area contributed by atoms with Crippen LogP contribution in [0.2, 0.25) is 0 Å². The maximum atomic E-state index is 13.1. The highest BCUT2D eigenvalue weighted by atomic mass is 35.5. The second-order valence-corrected chi connectivity index (χ2v) is 2.89. The number of nitrogen functional groups attached to an aromatic ring is 1. The minimum Gasteiger partial charge on any atom is -0.497 e. The number of alkyl halides is 1. The first-order chi connectivity index (χ1) is 6.60. The van der Waals surface area contributed by atoms with Crippen molar-refractivity contribution in [2.24, 2.45) is 0 Å². The van der Waals surface area contributed by atoms with Crippen LogP contribution in [0.4, 0.5) is 10.1 Å². The Morgan fingerprint density at radius 1 is 1.64 bits per heavy atom. The van der Waals surface area contributed by atoms with Crippen LogP contribution in [0.1, 0.15) is 10.4 Å². The largest absolute Gasteiger partial charge is 0.497 e. The molecule has 2 N–H and O–H groups in total. The number of halogens is 2. The molecular weight excluding hydrogens is 209 g/mol. The molecule has 0 aliphatic carbocycles. The summed E-state index contributed by atoms with van der Waals surface area (Å²) < 4.78 is 17.9. The molecule has 0 aliphatic rings. The smallest absolute Gasteiger partial charge is 0.179 e. The molecule has 76 valence electrons. The number of hydrogen-bond donors (Lipinski definition) is 1. The van der Waals surface area contributed by atoms with E-state index in [1.165, 1.54) is 13.2 Å². The lowest BCUT2D eigenvalue weighted by molar-refractivity contribution is 0.102.